The lowest BCUT2D eigenvalue weighted by Gasteiger charge is -2.35. The predicted molar refractivity (Wildman–Crippen MR) is 86.4 cm³/mol. The van der Waals surface area contributed by atoms with Crippen LogP contribution in [0.25, 0.3) is 0 Å². The van der Waals surface area contributed by atoms with E-state index in [1.165, 1.54) is 0 Å². The molecule has 6 nitrogen and oxygen atoms in total. The summed E-state index contributed by atoms with van der Waals surface area (Å²) < 4.78 is 11.4. The zero-order valence-corrected chi connectivity index (χ0v) is 13.6. The van der Waals surface area contributed by atoms with Crippen LogP contribution in [0, 0.1) is 11.8 Å². The van der Waals surface area contributed by atoms with Crippen LogP contribution in [0.15, 0.2) is 36.4 Å². The predicted octanol–water partition coefficient (Wildman–Crippen LogP) is 2.32. The van der Waals surface area contributed by atoms with Crippen LogP contribution in [-0.4, -0.2) is 35.5 Å². The molecule has 2 rings (SSSR count). The normalized spacial score (nSPS) is 23.8. The standard InChI is InChI=1S/C17H24N2O4/c1-3-22-17-14(7-5-9-20)12(2)10-15(23-17)16(21)19-13-6-4-8-18-11-13/h4,6,8,10-12,14,17,20H,3,5,7,9H2,1-2H3,(H,19,21)/t12-,14-,17+/m1/s1. The zero-order valence-electron chi connectivity index (χ0n) is 13.6. The van der Waals surface area contributed by atoms with E-state index in [1.807, 2.05) is 19.9 Å². The fraction of sp³-hybridized carbons (Fsp3) is 0.529. The van der Waals surface area contributed by atoms with Crippen molar-refractivity contribution >= 4 is 11.6 Å². The number of pyridine rings is 1. The van der Waals surface area contributed by atoms with Gasteiger partial charge < -0.3 is 19.9 Å². The second-order valence-electron chi connectivity index (χ2n) is 5.56. The molecule has 23 heavy (non-hydrogen) atoms. The number of aliphatic hydroxyl groups is 1. The number of aliphatic hydroxyl groups excluding tert-OH is 1. The number of hydrogen-bond acceptors (Lipinski definition) is 5. The van der Waals surface area contributed by atoms with Gasteiger partial charge >= 0.3 is 0 Å². The number of carbonyl (C=O) groups excluding carboxylic acids is 1. The number of allylic oxidation sites excluding steroid dienone is 1. The zero-order chi connectivity index (χ0) is 16.7. The third-order valence-electron chi connectivity index (χ3n) is 3.85. The molecular weight excluding hydrogens is 296 g/mol. The summed E-state index contributed by atoms with van der Waals surface area (Å²) in [6.07, 6.45) is 6.05. The number of anilines is 1. The summed E-state index contributed by atoms with van der Waals surface area (Å²) in [4.78, 5) is 16.3. The Morgan fingerprint density at radius 2 is 2.35 bits per heavy atom. The van der Waals surface area contributed by atoms with E-state index in [1.54, 1.807) is 24.5 Å². The summed E-state index contributed by atoms with van der Waals surface area (Å²) in [5.74, 6) is 0.203. The highest BCUT2D eigenvalue weighted by atomic mass is 16.7. The number of ether oxygens (including phenoxy) is 2. The minimum Gasteiger partial charge on any atom is -0.459 e. The largest absolute Gasteiger partial charge is 0.459 e. The van der Waals surface area contributed by atoms with Crippen molar-refractivity contribution in [3.05, 3.63) is 36.4 Å². The van der Waals surface area contributed by atoms with Crippen LogP contribution in [0.1, 0.15) is 26.7 Å². The molecule has 2 N–H and O–H groups in total. The van der Waals surface area contributed by atoms with Crippen LogP contribution in [-0.2, 0) is 14.3 Å². The Hall–Kier alpha value is -1.92. The Kier molecular flexibility index (Phi) is 6.55. The first-order valence-corrected chi connectivity index (χ1v) is 7.98. The highest BCUT2D eigenvalue weighted by Crippen LogP contribution is 2.32. The molecule has 1 aliphatic heterocycles. The van der Waals surface area contributed by atoms with E-state index < -0.39 is 6.29 Å². The Labute approximate surface area is 136 Å². The van der Waals surface area contributed by atoms with Crippen molar-refractivity contribution in [2.45, 2.75) is 33.0 Å². The van der Waals surface area contributed by atoms with Gasteiger partial charge in [0.05, 0.1) is 11.9 Å². The van der Waals surface area contributed by atoms with Crippen LogP contribution in [0.2, 0.25) is 0 Å². The Morgan fingerprint density at radius 1 is 1.52 bits per heavy atom. The minimum absolute atomic E-state index is 0.122. The second-order valence-corrected chi connectivity index (χ2v) is 5.56. The number of carbonyl (C=O) groups is 1. The van der Waals surface area contributed by atoms with Gasteiger partial charge in [0.15, 0.2) is 5.76 Å². The number of amides is 1. The van der Waals surface area contributed by atoms with Crippen LogP contribution in [0.5, 0.6) is 0 Å². The van der Waals surface area contributed by atoms with Crippen molar-refractivity contribution in [3.8, 4) is 0 Å². The van der Waals surface area contributed by atoms with Gasteiger partial charge in [0.25, 0.3) is 5.91 Å². The molecule has 0 saturated heterocycles. The first kappa shape index (κ1) is 17.4. The monoisotopic (exact) mass is 320 g/mol. The number of rotatable bonds is 7. The molecule has 0 aliphatic carbocycles. The van der Waals surface area contributed by atoms with Gasteiger partial charge in [-0.3, -0.25) is 9.78 Å². The lowest BCUT2D eigenvalue weighted by atomic mass is 9.87. The number of aromatic nitrogens is 1. The SMILES string of the molecule is CCO[C@H]1OC(C(=O)Nc2cccnc2)=C[C@@H](C)[C@H]1CCCO. The Morgan fingerprint density at radius 3 is 3.00 bits per heavy atom. The van der Waals surface area contributed by atoms with E-state index in [0.717, 1.165) is 6.42 Å². The van der Waals surface area contributed by atoms with Crippen molar-refractivity contribution in [2.24, 2.45) is 11.8 Å². The summed E-state index contributed by atoms with van der Waals surface area (Å²) in [6, 6.07) is 3.52. The van der Waals surface area contributed by atoms with E-state index in [0.29, 0.717) is 18.7 Å². The molecule has 0 spiro atoms. The molecule has 1 amide bonds. The third-order valence-corrected chi connectivity index (χ3v) is 3.85. The summed E-state index contributed by atoms with van der Waals surface area (Å²) in [5.41, 5.74) is 0.616. The lowest BCUT2D eigenvalue weighted by molar-refractivity contribution is -0.169. The van der Waals surface area contributed by atoms with E-state index in [-0.39, 0.29) is 30.1 Å². The van der Waals surface area contributed by atoms with Crippen LogP contribution in [0.3, 0.4) is 0 Å². The molecule has 0 fully saturated rings. The van der Waals surface area contributed by atoms with Crippen LogP contribution < -0.4 is 5.32 Å². The van der Waals surface area contributed by atoms with Crippen molar-refractivity contribution in [3.63, 3.8) is 0 Å². The summed E-state index contributed by atoms with van der Waals surface area (Å²) in [7, 11) is 0. The Balaban J connectivity index is 2.08. The molecule has 0 bridgehead atoms. The smallest absolute Gasteiger partial charge is 0.290 e. The molecule has 1 aliphatic rings. The maximum absolute atomic E-state index is 12.4. The molecule has 6 heteroatoms. The lowest BCUT2D eigenvalue weighted by Crippen LogP contribution is -2.37. The highest BCUT2D eigenvalue weighted by Gasteiger charge is 2.34. The molecule has 1 aromatic rings. The molecule has 0 saturated carbocycles. The van der Waals surface area contributed by atoms with Gasteiger partial charge in [-0.15, -0.1) is 0 Å². The van der Waals surface area contributed by atoms with Gasteiger partial charge in [0.1, 0.15) is 0 Å². The van der Waals surface area contributed by atoms with Gasteiger partial charge in [-0.05, 0) is 43.9 Å². The fourth-order valence-electron chi connectivity index (χ4n) is 2.67. The first-order valence-electron chi connectivity index (χ1n) is 7.98. The van der Waals surface area contributed by atoms with E-state index in [4.69, 9.17) is 14.6 Å². The molecule has 3 atom stereocenters. The molecule has 0 aromatic carbocycles. The topological polar surface area (TPSA) is 80.7 Å². The van der Waals surface area contributed by atoms with Crippen LogP contribution in [0.4, 0.5) is 5.69 Å². The minimum atomic E-state index is -0.471. The first-order chi connectivity index (χ1) is 11.2. The number of nitrogens with zero attached hydrogens (tertiary/aromatic N) is 1. The molecule has 2 heterocycles. The van der Waals surface area contributed by atoms with Crippen molar-refractivity contribution in [1.82, 2.24) is 4.98 Å². The van der Waals surface area contributed by atoms with E-state index in [2.05, 4.69) is 10.3 Å². The highest BCUT2D eigenvalue weighted by molar-refractivity contribution is 6.02. The van der Waals surface area contributed by atoms with Gasteiger partial charge in [-0.25, -0.2) is 0 Å². The summed E-state index contributed by atoms with van der Waals surface area (Å²) in [6.45, 7) is 4.57. The van der Waals surface area contributed by atoms with Gasteiger partial charge in [0.2, 0.25) is 6.29 Å². The van der Waals surface area contributed by atoms with E-state index in [9.17, 15) is 4.79 Å². The van der Waals surface area contributed by atoms with Crippen molar-refractivity contribution in [1.29, 1.82) is 0 Å². The maximum atomic E-state index is 12.4. The quantitative estimate of drug-likeness (QED) is 0.806. The van der Waals surface area contributed by atoms with Gasteiger partial charge in [0, 0.05) is 25.3 Å². The van der Waals surface area contributed by atoms with Gasteiger partial charge in [-0.1, -0.05) is 6.92 Å². The molecule has 0 radical (unpaired) electrons. The van der Waals surface area contributed by atoms with Crippen molar-refractivity contribution < 1.29 is 19.4 Å². The fourth-order valence-corrected chi connectivity index (χ4v) is 2.67. The molecular formula is C17H24N2O4. The third kappa shape index (κ3) is 4.77. The maximum Gasteiger partial charge on any atom is 0.290 e. The summed E-state index contributed by atoms with van der Waals surface area (Å²) in [5, 5.41) is 11.8. The average Bonchev–Trinajstić information content (AvgIpc) is 2.55. The molecule has 1 aromatic heterocycles. The average molecular weight is 320 g/mol. The second kappa shape index (κ2) is 8.64. The van der Waals surface area contributed by atoms with Crippen molar-refractivity contribution in [2.75, 3.05) is 18.5 Å². The summed E-state index contributed by atoms with van der Waals surface area (Å²) >= 11 is 0. The van der Waals surface area contributed by atoms with E-state index >= 15 is 0 Å². The molecule has 126 valence electrons. The number of hydrogen-bond donors (Lipinski definition) is 2. The van der Waals surface area contributed by atoms with Crippen LogP contribution >= 0.6 is 0 Å². The Bertz CT molecular complexity index is 533. The molecule has 0 unspecified atom stereocenters. The van der Waals surface area contributed by atoms with Gasteiger partial charge in [-0.2, -0.15) is 0 Å². The number of nitrogens with one attached hydrogen (secondary N) is 1.